The van der Waals surface area contributed by atoms with Gasteiger partial charge in [-0.3, -0.25) is 0 Å². The molecule has 4 rings (SSSR count). The summed E-state index contributed by atoms with van der Waals surface area (Å²) in [6.07, 6.45) is 3.61. The predicted octanol–water partition coefficient (Wildman–Crippen LogP) is 1.94. The number of anilines is 2. The molecule has 2 aliphatic rings. The van der Waals surface area contributed by atoms with Crippen molar-refractivity contribution in [3.8, 4) is 11.5 Å². The summed E-state index contributed by atoms with van der Waals surface area (Å²) >= 11 is 0. The van der Waals surface area contributed by atoms with Crippen LogP contribution < -0.4 is 24.4 Å². The molecule has 0 bridgehead atoms. The number of ether oxygens (including phenoxy) is 2. The number of nitrogens with zero attached hydrogens (tertiary/aromatic N) is 3. The van der Waals surface area contributed by atoms with Crippen LogP contribution in [0.1, 0.15) is 25.1 Å². The Bertz CT molecular complexity index is 993. The minimum absolute atomic E-state index is 0.150. The van der Waals surface area contributed by atoms with Crippen molar-refractivity contribution in [3.63, 3.8) is 0 Å². The number of piperidine rings is 1. The highest BCUT2D eigenvalue weighted by atomic mass is 32.2. The Morgan fingerprint density at radius 1 is 1.00 bits per heavy atom. The van der Waals surface area contributed by atoms with Gasteiger partial charge in [-0.1, -0.05) is 0 Å². The summed E-state index contributed by atoms with van der Waals surface area (Å²) in [6, 6.07) is 6.55. The third-order valence-electron chi connectivity index (χ3n) is 5.05. The van der Waals surface area contributed by atoms with Gasteiger partial charge in [0, 0.05) is 38.3 Å². The van der Waals surface area contributed by atoms with Gasteiger partial charge in [-0.25, -0.2) is 23.1 Å². The van der Waals surface area contributed by atoms with Crippen LogP contribution in [0.5, 0.6) is 11.5 Å². The summed E-state index contributed by atoms with van der Waals surface area (Å²) in [5, 5.41) is 3.19. The summed E-state index contributed by atoms with van der Waals surface area (Å²) < 4.78 is 38.7. The number of hydrogen-bond donors (Lipinski definition) is 2. The molecule has 0 atom stereocenters. The molecule has 2 aliphatic heterocycles. The van der Waals surface area contributed by atoms with E-state index in [1.54, 1.807) is 6.07 Å². The maximum atomic E-state index is 12.6. The van der Waals surface area contributed by atoms with Crippen LogP contribution in [0.15, 0.2) is 29.2 Å². The Kier molecular flexibility index (Phi) is 6.24. The van der Waals surface area contributed by atoms with Crippen LogP contribution >= 0.6 is 0 Å². The summed E-state index contributed by atoms with van der Waals surface area (Å²) in [6.45, 7) is 5.37. The van der Waals surface area contributed by atoms with E-state index in [4.69, 9.17) is 9.47 Å². The topological polar surface area (TPSA) is 106 Å². The standard InChI is InChI=1S/C20H27N5O4S/c1-15-23-19(14-20(24-15)25-9-3-2-4-10-25)21-7-8-22-30(26,27)16-5-6-17-18(13-16)29-12-11-28-17/h5-6,13-14,22H,2-4,7-12H2,1H3,(H,21,23,24). The molecule has 10 heteroatoms. The largest absolute Gasteiger partial charge is 0.486 e. The van der Waals surface area contributed by atoms with E-state index >= 15 is 0 Å². The van der Waals surface area contributed by atoms with Gasteiger partial charge in [0.2, 0.25) is 10.0 Å². The van der Waals surface area contributed by atoms with Crippen LogP contribution in [-0.2, 0) is 10.0 Å². The first-order valence-corrected chi connectivity index (χ1v) is 11.7. The molecule has 2 aromatic rings. The number of sulfonamides is 1. The molecule has 0 spiro atoms. The van der Waals surface area contributed by atoms with Gasteiger partial charge < -0.3 is 19.7 Å². The van der Waals surface area contributed by atoms with E-state index < -0.39 is 10.0 Å². The number of fused-ring (bicyclic) bond motifs is 1. The minimum atomic E-state index is -3.65. The second-order valence-corrected chi connectivity index (χ2v) is 9.10. The van der Waals surface area contributed by atoms with E-state index in [0.29, 0.717) is 42.9 Å². The van der Waals surface area contributed by atoms with Gasteiger partial charge in [0.1, 0.15) is 30.7 Å². The van der Waals surface area contributed by atoms with Crippen LogP contribution in [0.25, 0.3) is 0 Å². The lowest BCUT2D eigenvalue weighted by Crippen LogP contribution is -2.31. The molecule has 3 heterocycles. The van der Waals surface area contributed by atoms with Crippen molar-refractivity contribution < 1.29 is 17.9 Å². The number of rotatable bonds is 7. The van der Waals surface area contributed by atoms with Crippen molar-refractivity contribution >= 4 is 21.7 Å². The van der Waals surface area contributed by atoms with Crippen LogP contribution in [0.2, 0.25) is 0 Å². The van der Waals surface area contributed by atoms with E-state index in [1.807, 2.05) is 13.0 Å². The van der Waals surface area contributed by atoms with E-state index in [2.05, 4.69) is 24.9 Å². The number of nitrogens with one attached hydrogen (secondary N) is 2. The van der Waals surface area contributed by atoms with Crippen LogP contribution in [-0.4, -0.2) is 57.8 Å². The molecule has 0 aliphatic carbocycles. The fourth-order valence-corrected chi connectivity index (χ4v) is 4.62. The molecule has 1 saturated heterocycles. The molecular weight excluding hydrogens is 406 g/mol. The molecule has 162 valence electrons. The van der Waals surface area contributed by atoms with Gasteiger partial charge in [0.25, 0.3) is 0 Å². The number of benzene rings is 1. The van der Waals surface area contributed by atoms with Gasteiger partial charge in [-0.15, -0.1) is 0 Å². The Balaban J connectivity index is 1.34. The number of hydrogen-bond acceptors (Lipinski definition) is 8. The average Bonchev–Trinajstić information content (AvgIpc) is 2.77. The first kappa shape index (κ1) is 20.7. The summed E-state index contributed by atoms with van der Waals surface area (Å²) in [7, 11) is -3.65. The molecule has 0 saturated carbocycles. The molecule has 1 fully saturated rings. The highest BCUT2D eigenvalue weighted by molar-refractivity contribution is 7.89. The van der Waals surface area contributed by atoms with Gasteiger partial charge >= 0.3 is 0 Å². The zero-order valence-corrected chi connectivity index (χ0v) is 17.9. The predicted molar refractivity (Wildman–Crippen MR) is 114 cm³/mol. The van der Waals surface area contributed by atoms with Crippen molar-refractivity contribution in [3.05, 3.63) is 30.1 Å². The normalized spacial score (nSPS) is 16.4. The highest BCUT2D eigenvalue weighted by Crippen LogP contribution is 2.32. The lowest BCUT2D eigenvalue weighted by molar-refractivity contribution is 0.171. The van der Waals surface area contributed by atoms with Crippen LogP contribution in [0.4, 0.5) is 11.6 Å². The average molecular weight is 434 g/mol. The number of aryl methyl sites for hydroxylation is 1. The molecule has 2 N–H and O–H groups in total. The number of aromatic nitrogens is 2. The summed E-state index contributed by atoms with van der Waals surface area (Å²) in [4.78, 5) is 11.4. The molecular formula is C20H27N5O4S. The molecule has 0 unspecified atom stereocenters. The Morgan fingerprint density at radius 2 is 1.77 bits per heavy atom. The lowest BCUT2D eigenvalue weighted by Gasteiger charge is -2.28. The minimum Gasteiger partial charge on any atom is -0.486 e. The third-order valence-corrected chi connectivity index (χ3v) is 6.51. The molecule has 1 aromatic heterocycles. The zero-order chi connectivity index (χ0) is 21.0. The van der Waals surface area contributed by atoms with E-state index in [1.165, 1.54) is 31.4 Å². The summed E-state index contributed by atoms with van der Waals surface area (Å²) in [5.41, 5.74) is 0. The van der Waals surface area contributed by atoms with Gasteiger partial charge in [-0.2, -0.15) is 0 Å². The lowest BCUT2D eigenvalue weighted by atomic mass is 10.1. The van der Waals surface area contributed by atoms with Crippen LogP contribution in [0.3, 0.4) is 0 Å². The monoisotopic (exact) mass is 433 g/mol. The first-order valence-electron chi connectivity index (χ1n) is 10.3. The fourth-order valence-electron chi connectivity index (χ4n) is 3.58. The van der Waals surface area contributed by atoms with Crippen LogP contribution in [0, 0.1) is 6.92 Å². The maximum Gasteiger partial charge on any atom is 0.240 e. The Morgan fingerprint density at radius 3 is 2.57 bits per heavy atom. The zero-order valence-electron chi connectivity index (χ0n) is 17.1. The molecule has 9 nitrogen and oxygen atoms in total. The van der Waals surface area contributed by atoms with Crippen molar-refractivity contribution in [2.45, 2.75) is 31.1 Å². The Labute approximate surface area is 176 Å². The van der Waals surface area contributed by atoms with Gasteiger partial charge in [0.05, 0.1) is 4.90 Å². The van der Waals surface area contributed by atoms with Crippen molar-refractivity contribution in [2.75, 3.05) is 49.6 Å². The quantitative estimate of drug-likeness (QED) is 0.638. The fraction of sp³-hybridized carbons (Fsp3) is 0.500. The molecule has 0 radical (unpaired) electrons. The van der Waals surface area contributed by atoms with E-state index in [-0.39, 0.29) is 11.4 Å². The second kappa shape index (κ2) is 9.05. The van der Waals surface area contributed by atoms with Crippen molar-refractivity contribution in [2.24, 2.45) is 0 Å². The van der Waals surface area contributed by atoms with Gasteiger partial charge in [0.15, 0.2) is 11.5 Å². The SMILES string of the molecule is Cc1nc(NCCNS(=O)(=O)c2ccc3c(c2)OCCO3)cc(N2CCCCC2)n1. The molecule has 30 heavy (non-hydrogen) atoms. The second-order valence-electron chi connectivity index (χ2n) is 7.34. The van der Waals surface area contributed by atoms with Crippen molar-refractivity contribution in [1.82, 2.24) is 14.7 Å². The smallest absolute Gasteiger partial charge is 0.240 e. The van der Waals surface area contributed by atoms with E-state index in [0.717, 1.165) is 18.9 Å². The highest BCUT2D eigenvalue weighted by Gasteiger charge is 2.19. The van der Waals surface area contributed by atoms with E-state index in [9.17, 15) is 8.42 Å². The maximum absolute atomic E-state index is 12.6. The molecule has 1 aromatic carbocycles. The van der Waals surface area contributed by atoms with Crippen molar-refractivity contribution in [1.29, 1.82) is 0 Å². The first-order chi connectivity index (χ1) is 14.5. The molecule has 0 amide bonds. The Hall–Kier alpha value is -2.59. The van der Waals surface area contributed by atoms with Gasteiger partial charge in [-0.05, 0) is 38.3 Å². The third kappa shape index (κ3) is 4.93. The summed E-state index contributed by atoms with van der Waals surface area (Å²) in [5.74, 6) is 3.31.